The molecule has 1 heterocycles. The van der Waals surface area contributed by atoms with Gasteiger partial charge >= 0.3 is 7.67 Å². The highest BCUT2D eigenvalue weighted by Crippen LogP contribution is 2.59. The molecule has 0 amide bonds. The molecule has 3 rings (SSSR count). The molecule has 0 radical (unpaired) electrons. The average molecular weight is 345 g/mol. The topological polar surface area (TPSA) is 44.8 Å². The van der Waals surface area contributed by atoms with Gasteiger partial charge in [-0.2, -0.15) is 0 Å². The van der Waals surface area contributed by atoms with Crippen LogP contribution in [0.1, 0.15) is 6.92 Å². The zero-order valence-electron chi connectivity index (χ0n) is 14.0. The third kappa shape index (κ3) is 3.64. The lowest BCUT2D eigenvalue weighted by atomic mass is 10.3. The maximum atomic E-state index is 13.5. The summed E-state index contributed by atoms with van der Waals surface area (Å²) in [4.78, 5) is 0. The number of para-hydroxylation sites is 2. The van der Waals surface area contributed by atoms with Crippen molar-refractivity contribution < 1.29 is 9.09 Å². The van der Waals surface area contributed by atoms with Crippen molar-refractivity contribution in [2.45, 2.75) is 6.92 Å². The normalized spacial score (nSPS) is 21.1. The average Bonchev–Trinajstić information content (AvgIpc) is 2.93. The van der Waals surface area contributed by atoms with Crippen LogP contribution in [0.3, 0.4) is 0 Å². The molecule has 1 unspecified atom stereocenters. The van der Waals surface area contributed by atoms with Gasteiger partial charge in [-0.3, -0.25) is 4.67 Å². The molecule has 2 aromatic rings. The van der Waals surface area contributed by atoms with Gasteiger partial charge in [-0.1, -0.05) is 36.4 Å². The molecular formula is C18H24N3O2P. The molecule has 0 spiro atoms. The monoisotopic (exact) mass is 345 g/mol. The van der Waals surface area contributed by atoms with Gasteiger partial charge in [0.2, 0.25) is 0 Å². The van der Waals surface area contributed by atoms with E-state index >= 15 is 0 Å². The molecule has 128 valence electrons. The molecule has 0 aliphatic carbocycles. The Hall–Kier alpha value is -1.81. The fourth-order valence-electron chi connectivity index (χ4n) is 2.93. The molecule has 24 heavy (non-hydrogen) atoms. The van der Waals surface area contributed by atoms with Gasteiger partial charge in [-0.25, -0.2) is 9.24 Å². The first kappa shape index (κ1) is 17.0. The number of rotatable bonds is 7. The van der Waals surface area contributed by atoms with E-state index in [1.807, 2.05) is 76.9 Å². The second-order valence-corrected chi connectivity index (χ2v) is 7.90. The van der Waals surface area contributed by atoms with E-state index in [9.17, 15) is 4.57 Å². The standard InChI is InChI=1S/C18H24N3O2P/c1-2-23-24(22)20(14-13-19-17-9-5-3-6-10-17)15-16-21(24)18-11-7-4-8-12-18/h3-12,19H,2,13-16H2,1H3. The summed E-state index contributed by atoms with van der Waals surface area (Å²) in [6.07, 6.45) is 0. The van der Waals surface area contributed by atoms with Gasteiger partial charge in [0, 0.05) is 37.6 Å². The van der Waals surface area contributed by atoms with Gasteiger partial charge in [0.1, 0.15) is 0 Å². The summed E-state index contributed by atoms with van der Waals surface area (Å²) < 4.78 is 23.2. The summed E-state index contributed by atoms with van der Waals surface area (Å²) in [6.45, 7) is 5.18. The zero-order chi connectivity index (χ0) is 16.8. The van der Waals surface area contributed by atoms with Crippen molar-refractivity contribution >= 4 is 19.0 Å². The van der Waals surface area contributed by atoms with Crippen molar-refractivity contribution in [2.75, 3.05) is 42.8 Å². The lowest BCUT2D eigenvalue weighted by Gasteiger charge is -2.30. The molecular weight excluding hydrogens is 321 g/mol. The van der Waals surface area contributed by atoms with Crippen LogP contribution in [0.5, 0.6) is 0 Å². The molecule has 1 fully saturated rings. The van der Waals surface area contributed by atoms with Crippen LogP contribution in [-0.2, 0) is 9.09 Å². The predicted molar refractivity (Wildman–Crippen MR) is 99.5 cm³/mol. The number of nitrogens with zero attached hydrogens (tertiary/aromatic N) is 2. The molecule has 0 aromatic heterocycles. The first-order chi connectivity index (χ1) is 11.7. The Morgan fingerprint density at radius 2 is 1.71 bits per heavy atom. The Balaban J connectivity index is 1.68. The maximum absolute atomic E-state index is 13.5. The van der Waals surface area contributed by atoms with Crippen molar-refractivity contribution in [1.82, 2.24) is 4.67 Å². The van der Waals surface area contributed by atoms with E-state index in [-0.39, 0.29) is 0 Å². The van der Waals surface area contributed by atoms with Gasteiger partial charge in [-0.15, -0.1) is 0 Å². The second-order valence-electron chi connectivity index (χ2n) is 5.61. The maximum Gasteiger partial charge on any atom is 0.371 e. The van der Waals surface area contributed by atoms with Crippen molar-refractivity contribution in [2.24, 2.45) is 0 Å². The molecule has 2 aromatic carbocycles. The second kappa shape index (κ2) is 7.84. The third-order valence-electron chi connectivity index (χ3n) is 4.06. The summed E-state index contributed by atoms with van der Waals surface area (Å²) >= 11 is 0. The number of anilines is 2. The first-order valence-electron chi connectivity index (χ1n) is 8.36. The van der Waals surface area contributed by atoms with Crippen LogP contribution in [0.25, 0.3) is 0 Å². The highest BCUT2D eigenvalue weighted by Gasteiger charge is 2.44. The number of hydrogen-bond acceptors (Lipinski definition) is 3. The lowest BCUT2D eigenvalue weighted by molar-refractivity contribution is 0.290. The molecule has 0 saturated carbocycles. The van der Waals surface area contributed by atoms with Crippen LogP contribution in [0.15, 0.2) is 60.7 Å². The van der Waals surface area contributed by atoms with Crippen LogP contribution in [0.4, 0.5) is 11.4 Å². The third-order valence-corrected chi connectivity index (χ3v) is 6.81. The number of hydrogen-bond donors (Lipinski definition) is 1. The summed E-state index contributed by atoms with van der Waals surface area (Å²) in [6, 6.07) is 19.9. The van der Waals surface area contributed by atoms with E-state index < -0.39 is 7.67 Å². The Morgan fingerprint density at radius 3 is 2.38 bits per heavy atom. The first-order valence-corrected chi connectivity index (χ1v) is 9.89. The quantitative estimate of drug-likeness (QED) is 0.767. The van der Waals surface area contributed by atoms with E-state index in [1.165, 1.54) is 0 Å². The minimum Gasteiger partial charge on any atom is -0.384 e. The fourth-order valence-corrected chi connectivity index (χ4v) is 5.34. The lowest BCUT2D eigenvalue weighted by Crippen LogP contribution is -2.26. The van der Waals surface area contributed by atoms with E-state index in [0.29, 0.717) is 19.7 Å². The molecule has 1 atom stereocenters. The van der Waals surface area contributed by atoms with Crippen molar-refractivity contribution in [3.8, 4) is 0 Å². The highest BCUT2D eigenvalue weighted by atomic mass is 31.2. The van der Waals surface area contributed by atoms with Crippen molar-refractivity contribution in [3.63, 3.8) is 0 Å². The summed E-state index contributed by atoms with van der Waals surface area (Å²) in [5.74, 6) is 0. The molecule has 6 heteroatoms. The summed E-state index contributed by atoms with van der Waals surface area (Å²) in [5, 5.41) is 3.37. The summed E-state index contributed by atoms with van der Waals surface area (Å²) in [5.41, 5.74) is 2.02. The largest absolute Gasteiger partial charge is 0.384 e. The van der Waals surface area contributed by atoms with Gasteiger partial charge in [0.15, 0.2) is 0 Å². The highest BCUT2D eigenvalue weighted by molar-refractivity contribution is 7.58. The van der Waals surface area contributed by atoms with Crippen LogP contribution in [0.2, 0.25) is 0 Å². The van der Waals surface area contributed by atoms with Crippen LogP contribution >= 0.6 is 7.67 Å². The van der Waals surface area contributed by atoms with Crippen molar-refractivity contribution in [1.29, 1.82) is 0 Å². The minimum atomic E-state index is -3.01. The van der Waals surface area contributed by atoms with Crippen LogP contribution < -0.4 is 9.99 Å². The predicted octanol–water partition coefficient (Wildman–Crippen LogP) is 4.07. The van der Waals surface area contributed by atoms with Crippen molar-refractivity contribution in [3.05, 3.63) is 60.7 Å². The van der Waals surface area contributed by atoms with E-state index in [1.54, 1.807) is 0 Å². The number of benzene rings is 2. The molecule has 1 aliphatic heterocycles. The van der Waals surface area contributed by atoms with Crippen LogP contribution in [0, 0.1) is 0 Å². The Morgan fingerprint density at radius 1 is 1.04 bits per heavy atom. The van der Waals surface area contributed by atoms with Gasteiger partial charge in [-0.05, 0) is 31.2 Å². The van der Waals surface area contributed by atoms with Gasteiger partial charge < -0.3 is 9.84 Å². The van der Waals surface area contributed by atoms with E-state index in [4.69, 9.17) is 4.52 Å². The van der Waals surface area contributed by atoms with E-state index in [0.717, 1.165) is 24.5 Å². The van der Waals surface area contributed by atoms with E-state index in [2.05, 4.69) is 5.32 Å². The summed E-state index contributed by atoms with van der Waals surface area (Å²) in [7, 11) is -3.01. The van der Waals surface area contributed by atoms with Gasteiger partial charge in [0.25, 0.3) is 0 Å². The zero-order valence-corrected chi connectivity index (χ0v) is 14.9. The minimum absolute atomic E-state index is 0.434. The molecule has 0 bridgehead atoms. The smallest absolute Gasteiger partial charge is 0.371 e. The molecule has 1 aliphatic rings. The Kier molecular flexibility index (Phi) is 5.56. The molecule has 5 nitrogen and oxygen atoms in total. The molecule has 1 saturated heterocycles. The Bertz CT molecular complexity index is 681. The fraction of sp³-hybridized carbons (Fsp3) is 0.333. The molecule has 1 N–H and O–H groups in total. The SMILES string of the molecule is CCOP1(=O)N(CCNc2ccccc2)CCN1c1ccccc1. The van der Waals surface area contributed by atoms with Gasteiger partial charge in [0.05, 0.1) is 6.61 Å². The number of nitrogens with one attached hydrogen (secondary N) is 1. The van der Waals surface area contributed by atoms with Crippen LogP contribution in [-0.4, -0.2) is 37.5 Å². The Labute approximate surface area is 143 Å².